The number of benzene rings is 2. The van der Waals surface area contributed by atoms with Gasteiger partial charge in [-0.2, -0.15) is 0 Å². The molecule has 2 aromatic rings. The Morgan fingerprint density at radius 2 is 1.70 bits per heavy atom. The van der Waals surface area contributed by atoms with E-state index in [0.717, 1.165) is 18.6 Å². The van der Waals surface area contributed by atoms with Crippen molar-refractivity contribution in [1.29, 1.82) is 0 Å². The number of halogens is 1. The van der Waals surface area contributed by atoms with E-state index in [1.807, 2.05) is 18.2 Å². The predicted molar refractivity (Wildman–Crippen MR) is 97.4 cm³/mol. The van der Waals surface area contributed by atoms with Gasteiger partial charge in [0, 0.05) is 12.1 Å². The van der Waals surface area contributed by atoms with Crippen LogP contribution in [0.3, 0.4) is 0 Å². The van der Waals surface area contributed by atoms with Gasteiger partial charge in [-0.15, -0.1) is 12.4 Å². The lowest BCUT2D eigenvalue weighted by Gasteiger charge is -2.25. The molecule has 0 saturated carbocycles. The van der Waals surface area contributed by atoms with Crippen LogP contribution in [0.25, 0.3) is 0 Å². The molecular formula is C19H26ClNO2. The predicted octanol–water partition coefficient (Wildman–Crippen LogP) is 3.76. The SMILES string of the molecule is CCC(CO)NC(Cc1ccccc1)c1ccc(OC)cc1.Cl. The maximum Gasteiger partial charge on any atom is 0.118 e. The number of hydrogen-bond donors (Lipinski definition) is 2. The van der Waals surface area contributed by atoms with Crippen LogP contribution in [0.15, 0.2) is 54.6 Å². The van der Waals surface area contributed by atoms with Crippen molar-refractivity contribution in [3.8, 4) is 5.75 Å². The van der Waals surface area contributed by atoms with Crippen molar-refractivity contribution in [1.82, 2.24) is 5.32 Å². The first-order chi connectivity index (χ1) is 10.8. The summed E-state index contributed by atoms with van der Waals surface area (Å²) in [4.78, 5) is 0. The van der Waals surface area contributed by atoms with Crippen molar-refractivity contribution in [2.45, 2.75) is 31.8 Å². The fourth-order valence-electron chi connectivity index (χ4n) is 2.54. The highest BCUT2D eigenvalue weighted by atomic mass is 35.5. The first kappa shape index (κ1) is 19.5. The lowest BCUT2D eigenvalue weighted by atomic mass is 9.97. The van der Waals surface area contributed by atoms with Crippen LogP contribution in [0.4, 0.5) is 0 Å². The largest absolute Gasteiger partial charge is 0.497 e. The minimum Gasteiger partial charge on any atom is -0.497 e. The second kappa shape index (κ2) is 10.3. The molecule has 2 aromatic carbocycles. The van der Waals surface area contributed by atoms with E-state index in [-0.39, 0.29) is 31.1 Å². The molecule has 4 heteroatoms. The second-order valence-electron chi connectivity index (χ2n) is 5.47. The molecule has 2 N–H and O–H groups in total. The van der Waals surface area contributed by atoms with Gasteiger partial charge in [-0.05, 0) is 36.1 Å². The molecule has 23 heavy (non-hydrogen) atoms. The Labute approximate surface area is 145 Å². The van der Waals surface area contributed by atoms with E-state index in [2.05, 4.69) is 48.6 Å². The highest BCUT2D eigenvalue weighted by Gasteiger charge is 2.16. The topological polar surface area (TPSA) is 41.5 Å². The molecule has 0 aliphatic rings. The van der Waals surface area contributed by atoms with Gasteiger partial charge in [-0.1, -0.05) is 49.4 Å². The summed E-state index contributed by atoms with van der Waals surface area (Å²) in [7, 11) is 1.67. The summed E-state index contributed by atoms with van der Waals surface area (Å²) in [5, 5.41) is 13.1. The number of methoxy groups -OCH3 is 1. The lowest BCUT2D eigenvalue weighted by molar-refractivity contribution is 0.227. The summed E-state index contributed by atoms with van der Waals surface area (Å²) < 4.78 is 5.23. The summed E-state index contributed by atoms with van der Waals surface area (Å²) in [5.74, 6) is 0.858. The van der Waals surface area contributed by atoms with E-state index < -0.39 is 0 Å². The zero-order chi connectivity index (χ0) is 15.8. The van der Waals surface area contributed by atoms with Crippen LogP contribution < -0.4 is 10.1 Å². The summed E-state index contributed by atoms with van der Waals surface area (Å²) >= 11 is 0. The van der Waals surface area contributed by atoms with Crippen LogP contribution in [0.5, 0.6) is 5.75 Å². The normalized spacial score (nSPS) is 13.0. The highest BCUT2D eigenvalue weighted by Crippen LogP contribution is 2.22. The lowest BCUT2D eigenvalue weighted by Crippen LogP contribution is -2.36. The van der Waals surface area contributed by atoms with Gasteiger partial charge in [0.25, 0.3) is 0 Å². The third kappa shape index (κ3) is 5.87. The Kier molecular flexibility index (Phi) is 8.70. The molecule has 0 heterocycles. The number of aliphatic hydroxyl groups is 1. The molecule has 0 aromatic heterocycles. The number of hydrogen-bond acceptors (Lipinski definition) is 3. The zero-order valence-electron chi connectivity index (χ0n) is 13.7. The third-order valence-electron chi connectivity index (χ3n) is 3.95. The van der Waals surface area contributed by atoms with Crippen molar-refractivity contribution in [2.75, 3.05) is 13.7 Å². The van der Waals surface area contributed by atoms with Crippen LogP contribution in [-0.4, -0.2) is 24.9 Å². The van der Waals surface area contributed by atoms with Crippen LogP contribution in [0.1, 0.15) is 30.5 Å². The number of rotatable bonds is 8. The molecule has 0 spiro atoms. The second-order valence-corrected chi connectivity index (χ2v) is 5.47. The third-order valence-corrected chi connectivity index (χ3v) is 3.95. The Morgan fingerprint density at radius 3 is 2.22 bits per heavy atom. The highest BCUT2D eigenvalue weighted by molar-refractivity contribution is 5.85. The molecule has 2 unspecified atom stereocenters. The fourth-order valence-corrected chi connectivity index (χ4v) is 2.54. The van der Waals surface area contributed by atoms with Crippen LogP contribution in [0.2, 0.25) is 0 Å². The molecule has 0 amide bonds. The molecule has 0 radical (unpaired) electrons. The molecule has 0 aliphatic carbocycles. The molecule has 2 atom stereocenters. The Bertz CT molecular complexity index is 541. The number of ether oxygens (including phenoxy) is 1. The van der Waals surface area contributed by atoms with Crippen LogP contribution in [0, 0.1) is 0 Å². The molecule has 0 saturated heterocycles. The molecule has 0 bridgehead atoms. The van der Waals surface area contributed by atoms with Gasteiger partial charge in [-0.25, -0.2) is 0 Å². The summed E-state index contributed by atoms with van der Waals surface area (Å²) in [6.07, 6.45) is 1.79. The van der Waals surface area contributed by atoms with E-state index in [1.54, 1.807) is 7.11 Å². The molecule has 3 nitrogen and oxygen atoms in total. The van der Waals surface area contributed by atoms with Gasteiger partial charge >= 0.3 is 0 Å². The first-order valence-corrected chi connectivity index (χ1v) is 7.81. The van der Waals surface area contributed by atoms with Crippen LogP contribution in [-0.2, 0) is 6.42 Å². The maximum atomic E-state index is 9.49. The summed E-state index contributed by atoms with van der Waals surface area (Å²) in [5.41, 5.74) is 2.49. The Balaban J connectivity index is 0.00000264. The average molecular weight is 336 g/mol. The minimum atomic E-state index is 0. The Hall–Kier alpha value is -1.55. The van der Waals surface area contributed by atoms with Crippen molar-refractivity contribution < 1.29 is 9.84 Å². The monoisotopic (exact) mass is 335 g/mol. The van der Waals surface area contributed by atoms with Gasteiger partial charge in [0.1, 0.15) is 5.75 Å². The fraction of sp³-hybridized carbons (Fsp3) is 0.368. The molecular weight excluding hydrogens is 310 g/mol. The quantitative estimate of drug-likeness (QED) is 0.771. The molecule has 0 fully saturated rings. The van der Waals surface area contributed by atoms with Gasteiger partial charge < -0.3 is 15.2 Å². The minimum absolute atomic E-state index is 0. The number of nitrogens with one attached hydrogen (secondary N) is 1. The van der Waals surface area contributed by atoms with Crippen LogP contribution >= 0.6 is 12.4 Å². The summed E-state index contributed by atoms with van der Waals surface area (Å²) in [6, 6.07) is 18.8. The van der Waals surface area contributed by atoms with Crippen molar-refractivity contribution in [3.05, 3.63) is 65.7 Å². The van der Waals surface area contributed by atoms with E-state index in [9.17, 15) is 5.11 Å². The van der Waals surface area contributed by atoms with E-state index >= 15 is 0 Å². The van der Waals surface area contributed by atoms with Gasteiger partial charge in [0.15, 0.2) is 0 Å². The van der Waals surface area contributed by atoms with Gasteiger partial charge in [0.2, 0.25) is 0 Å². The average Bonchev–Trinajstić information content (AvgIpc) is 2.59. The zero-order valence-corrected chi connectivity index (χ0v) is 14.6. The van der Waals surface area contributed by atoms with E-state index in [4.69, 9.17) is 4.74 Å². The van der Waals surface area contributed by atoms with Crippen molar-refractivity contribution >= 4 is 12.4 Å². The number of aliphatic hydroxyl groups excluding tert-OH is 1. The molecule has 2 rings (SSSR count). The van der Waals surface area contributed by atoms with Gasteiger partial charge in [0.05, 0.1) is 13.7 Å². The van der Waals surface area contributed by atoms with E-state index in [0.29, 0.717) is 0 Å². The molecule has 126 valence electrons. The van der Waals surface area contributed by atoms with Crippen molar-refractivity contribution in [2.24, 2.45) is 0 Å². The van der Waals surface area contributed by atoms with Gasteiger partial charge in [-0.3, -0.25) is 0 Å². The molecule has 0 aliphatic heterocycles. The maximum absolute atomic E-state index is 9.49. The first-order valence-electron chi connectivity index (χ1n) is 7.81. The standard InChI is InChI=1S/C19H25NO2.ClH/c1-3-17(14-21)20-19(13-15-7-5-4-6-8-15)16-9-11-18(22-2)12-10-16;/h4-12,17,19-21H,3,13-14H2,1-2H3;1H. The smallest absolute Gasteiger partial charge is 0.118 e. The summed E-state index contributed by atoms with van der Waals surface area (Å²) in [6.45, 7) is 2.24. The Morgan fingerprint density at radius 1 is 1.04 bits per heavy atom. The van der Waals surface area contributed by atoms with Crippen molar-refractivity contribution in [3.63, 3.8) is 0 Å². The van der Waals surface area contributed by atoms with E-state index in [1.165, 1.54) is 11.1 Å².